The highest BCUT2D eigenvalue weighted by Gasteiger charge is 2.20. The first kappa shape index (κ1) is 9.82. The number of nitrogens with one attached hydrogen (secondary N) is 2. The first-order valence-electron chi connectivity index (χ1n) is 3.92. The molecule has 74 valence electrons. The monoisotopic (exact) mass is 187 g/mol. The zero-order valence-corrected chi connectivity index (χ0v) is 7.32. The summed E-state index contributed by atoms with van der Waals surface area (Å²) in [4.78, 5) is 12.4. The second-order valence-corrected chi connectivity index (χ2v) is 2.73. The number of likely N-dealkylation sites (N-methyl/N-ethyl adjacent to an activating group) is 1. The third-order valence-corrected chi connectivity index (χ3v) is 1.78. The molecule has 0 aromatic rings. The lowest BCUT2D eigenvalue weighted by molar-refractivity contribution is 0.128. The van der Waals surface area contributed by atoms with Gasteiger partial charge in [-0.05, 0) is 0 Å². The molecule has 0 saturated heterocycles. The van der Waals surface area contributed by atoms with Gasteiger partial charge in [0.2, 0.25) is 0 Å². The van der Waals surface area contributed by atoms with Crippen LogP contribution in [-0.4, -0.2) is 47.6 Å². The van der Waals surface area contributed by atoms with Crippen molar-refractivity contribution in [3.8, 4) is 0 Å². The van der Waals surface area contributed by atoms with Gasteiger partial charge in [0.05, 0.1) is 12.3 Å². The molecule has 0 aromatic heterocycles. The van der Waals surface area contributed by atoms with E-state index < -0.39 is 12.3 Å². The minimum absolute atomic E-state index is 0.00545. The van der Waals surface area contributed by atoms with Crippen LogP contribution in [0.2, 0.25) is 0 Å². The third kappa shape index (κ3) is 2.33. The van der Waals surface area contributed by atoms with Gasteiger partial charge in [-0.25, -0.2) is 4.79 Å². The Morgan fingerprint density at radius 1 is 1.69 bits per heavy atom. The third-order valence-electron chi connectivity index (χ3n) is 1.78. The summed E-state index contributed by atoms with van der Waals surface area (Å²) in [6.07, 6.45) is 0.407. The van der Waals surface area contributed by atoms with E-state index in [-0.39, 0.29) is 6.61 Å². The zero-order valence-electron chi connectivity index (χ0n) is 7.32. The zero-order chi connectivity index (χ0) is 9.84. The lowest BCUT2D eigenvalue weighted by atomic mass is 10.3. The molecule has 0 fully saturated rings. The summed E-state index contributed by atoms with van der Waals surface area (Å²) in [5.74, 6) is 0. The van der Waals surface area contributed by atoms with E-state index >= 15 is 0 Å². The van der Waals surface area contributed by atoms with Crippen LogP contribution in [0.3, 0.4) is 0 Å². The average Bonchev–Trinajstić information content (AvgIpc) is 2.04. The second kappa shape index (κ2) is 4.11. The van der Waals surface area contributed by atoms with Gasteiger partial charge in [0.25, 0.3) is 0 Å². The topological polar surface area (TPSA) is 84.8 Å². The van der Waals surface area contributed by atoms with E-state index in [4.69, 9.17) is 5.11 Å². The summed E-state index contributed by atoms with van der Waals surface area (Å²) in [5.41, 5.74) is 0.522. The number of amides is 2. The Bertz CT molecular complexity index is 229. The molecule has 0 radical (unpaired) electrons. The quantitative estimate of drug-likeness (QED) is 0.428. The summed E-state index contributed by atoms with van der Waals surface area (Å²) in [5, 5.41) is 22.7. The average molecular weight is 187 g/mol. The number of aliphatic hydroxyl groups is 2. The molecular weight excluding hydrogens is 174 g/mol. The molecule has 1 heterocycles. The van der Waals surface area contributed by atoms with Crippen LogP contribution in [-0.2, 0) is 0 Å². The summed E-state index contributed by atoms with van der Waals surface area (Å²) >= 11 is 0. The van der Waals surface area contributed by atoms with E-state index in [2.05, 4.69) is 10.6 Å². The summed E-state index contributed by atoms with van der Waals surface area (Å²) < 4.78 is 0. The fraction of sp³-hybridized carbons (Fsp3) is 0.571. The number of urea groups is 1. The molecule has 2 amide bonds. The Morgan fingerprint density at radius 2 is 2.38 bits per heavy atom. The van der Waals surface area contributed by atoms with Gasteiger partial charge in [0.15, 0.2) is 6.23 Å². The van der Waals surface area contributed by atoms with Gasteiger partial charge in [0, 0.05) is 19.8 Å². The van der Waals surface area contributed by atoms with Gasteiger partial charge < -0.3 is 25.7 Å². The molecule has 4 N–H and O–H groups in total. The second-order valence-electron chi connectivity index (χ2n) is 2.73. The van der Waals surface area contributed by atoms with E-state index in [0.29, 0.717) is 12.2 Å². The van der Waals surface area contributed by atoms with Crippen LogP contribution in [0.4, 0.5) is 4.79 Å². The van der Waals surface area contributed by atoms with Crippen molar-refractivity contribution in [3.63, 3.8) is 0 Å². The first-order valence-corrected chi connectivity index (χ1v) is 3.92. The molecule has 6 nitrogen and oxygen atoms in total. The van der Waals surface area contributed by atoms with Gasteiger partial charge in [-0.2, -0.15) is 0 Å². The summed E-state index contributed by atoms with van der Waals surface area (Å²) in [6, 6.07) is -0.436. The number of aliphatic hydroxyl groups excluding tert-OH is 2. The molecule has 0 spiro atoms. The Kier molecular flexibility index (Phi) is 3.10. The molecule has 1 rings (SSSR count). The molecule has 0 bridgehead atoms. The van der Waals surface area contributed by atoms with Crippen LogP contribution in [0.25, 0.3) is 0 Å². The van der Waals surface area contributed by atoms with Crippen molar-refractivity contribution >= 4 is 6.03 Å². The Labute approximate surface area is 75.8 Å². The van der Waals surface area contributed by atoms with Crippen molar-refractivity contribution in [2.45, 2.75) is 6.23 Å². The lowest BCUT2D eigenvalue weighted by Gasteiger charge is -2.28. The normalized spacial score (nSPS) is 21.6. The SMILES string of the molecule is CN(CCO)C1=CNC(=O)NC1O. The highest BCUT2D eigenvalue weighted by Crippen LogP contribution is 2.06. The van der Waals surface area contributed by atoms with Crippen molar-refractivity contribution in [2.24, 2.45) is 0 Å². The molecule has 0 saturated carbocycles. The lowest BCUT2D eigenvalue weighted by Crippen LogP contribution is -2.49. The maximum atomic E-state index is 10.7. The molecule has 6 heteroatoms. The number of hydrogen-bond donors (Lipinski definition) is 4. The van der Waals surface area contributed by atoms with E-state index in [9.17, 15) is 9.90 Å². The highest BCUT2D eigenvalue weighted by atomic mass is 16.3. The summed E-state index contributed by atoms with van der Waals surface area (Å²) in [6.45, 7) is 0.398. The number of carbonyl (C=O) groups excluding carboxylic acids is 1. The van der Waals surface area contributed by atoms with Crippen LogP contribution in [0.1, 0.15) is 0 Å². The minimum atomic E-state index is -1.01. The fourth-order valence-electron chi connectivity index (χ4n) is 1.06. The number of nitrogens with zero attached hydrogens (tertiary/aromatic N) is 1. The van der Waals surface area contributed by atoms with Crippen molar-refractivity contribution in [3.05, 3.63) is 11.9 Å². The Morgan fingerprint density at radius 3 is 2.92 bits per heavy atom. The van der Waals surface area contributed by atoms with Crippen LogP contribution < -0.4 is 10.6 Å². The van der Waals surface area contributed by atoms with E-state index in [1.165, 1.54) is 6.20 Å². The van der Waals surface area contributed by atoms with Crippen molar-refractivity contribution in [1.29, 1.82) is 0 Å². The molecule has 1 unspecified atom stereocenters. The van der Waals surface area contributed by atoms with Crippen LogP contribution in [0, 0.1) is 0 Å². The highest BCUT2D eigenvalue weighted by molar-refractivity contribution is 5.76. The largest absolute Gasteiger partial charge is 0.395 e. The minimum Gasteiger partial charge on any atom is -0.395 e. The number of hydrogen-bond acceptors (Lipinski definition) is 4. The van der Waals surface area contributed by atoms with Gasteiger partial charge in [0.1, 0.15) is 0 Å². The smallest absolute Gasteiger partial charge is 0.321 e. The maximum absolute atomic E-state index is 10.7. The molecule has 0 aromatic carbocycles. The van der Waals surface area contributed by atoms with E-state index in [1.807, 2.05) is 0 Å². The van der Waals surface area contributed by atoms with Crippen LogP contribution in [0.15, 0.2) is 11.9 Å². The standard InChI is InChI=1S/C7H13N3O3/c1-10(2-3-11)5-4-8-7(13)9-6(5)12/h4,6,11-12H,2-3H2,1H3,(H2,8,9,13). The van der Waals surface area contributed by atoms with E-state index in [0.717, 1.165) is 0 Å². The van der Waals surface area contributed by atoms with Crippen molar-refractivity contribution < 1.29 is 15.0 Å². The van der Waals surface area contributed by atoms with Crippen LogP contribution >= 0.6 is 0 Å². The molecule has 13 heavy (non-hydrogen) atoms. The molecule has 1 aliphatic rings. The van der Waals surface area contributed by atoms with Crippen LogP contribution in [0.5, 0.6) is 0 Å². The Balaban J connectivity index is 2.62. The first-order chi connectivity index (χ1) is 6.15. The number of carbonyl (C=O) groups is 1. The van der Waals surface area contributed by atoms with Gasteiger partial charge in [-0.15, -0.1) is 0 Å². The van der Waals surface area contributed by atoms with Gasteiger partial charge in [-0.3, -0.25) is 0 Å². The van der Waals surface area contributed by atoms with Gasteiger partial charge >= 0.3 is 6.03 Å². The molecule has 1 aliphatic heterocycles. The molecule has 1 atom stereocenters. The maximum Gasteiger partial charge on any atom is 0.321 e. The Hall–Kier alpha value is -1.27. The number of rotatable bonds is 3. The molecule has 0 aliphatic carbocycles. The summed E-state index contributed by atoms with van der Waals surface area (Å²) in [7, 11) is 1.71. The van der Waals surface area contributed by atoms with E-state index in [1.54, 1.807) is 11.9 Å². The predicted octanol–water partition coefficient (Wildman–Crippen LogP) is -1.62. The van der Waals surface area contributed by atoms with Crippen molar-refractivity contribution in [2.75, 3.05) is 20.2 Å². The molecular formula is C7H13N3O3. The van der Waals surface area contributed by atoms with Crippen molar-refractivity contribution in [1.82, 2.24) is 15.5 Å². The predicted molar refractivity (Wildman–Crippen MR) is 45.5 cm³/mol. The fourth-order valence-corrected chi connectivity index (χ4v) is 1.06. The van der Waals surface area contributed by atoms with Gasteiger partial charge in [-0.1, -0.05) is 0 Å².